The zero-order valence-corrected chi connectivity index (χ0v) is 8.82. The van der Waals surface area contributed by atoms with Gasteiger partial charge in [0, 0.05) is 24.0 Å². The number of hydrogen-bond acceptors (Lipinski definition) is 3. The topological polar surface area (TPSA) is 83.6 Å². The van der Waals surface area contributed by atoms with Gasteiger partial charge in [0.2, 0.25) is 0 Å². The van der Waals surface area contributed by atoms with E-state index in [9.17, 15) is 9.59 Å². The molecule has 0 aliphatic carbocycles. The molecule has 0 spiro atoms. The Hall–Kier alpha value is -1.75. The lowest BCUT2D eigenvalue weighted by atomic mass is 10.1. The number of carbonyl (C=O) groups excluding carboxylic acids is 1. The summed E-state index contributed by atoms with van der Waals surface area (Å²) in [6, 6.07) is 4.46. The number of amides is 1. The number of nitrogens with zero attached hydrogens (tertiary/aromatic N) is 1. The molecule has 0 saturated carbocycles. The summed E-state index contributed by atoms with van der Waals surface area (Å²) in [6.07, 6.45) is -0.499. The molecule has 15 heavy (non-hydrogen) atoms. The molecule has 0 heterocycles. The Morgan fingerprint density at radius 1 is 1.53 bits per heavy atom. The first-order valence-electron chi connectivity index (χ1n) is 3.87. The molecule has 0 unspecified atom stereocenters. The maximum Gasteiger partial charge on any atom is 0.411 e. The van der Waals surface area contributed by atoms with Crippen molar-refractivity contribution in [2.45, 2.75) is 0 Å². The predicted molar refractivity (Wildman–Crippen MR) is 59.9 cm³/mol. The molecule has 0 aliphatic heterocycles. The van der Waals surface area contributed by atoms with Gasteiger partial charge in [-0.05, 0) is 18.2 Å². The molecule has 0 aromatic heterocycles. The Morgan fingerprint density at radius 2 is 2.13 bits per heavy atom. The number of hydrogen-bond donors (Lipinski definition) is 2. The highest BCUT2D eigenvalue weighted by atomic mass is 35.5. The first-order chi connectivity index (χ1) is 6.56. The molecule has 3 N–H and O–H groups in total. The highest BCUT2D eigenvalue weighted by Gasteiger charge is 2.09. The fourth-order valence-electron chi connectivity index (χ4n) is 0.983. The van der Waals surface area contributed by atoms with Gasteiger partial charge in [-0.25, -0.2) is 4.79 Å². The van der Waals surface area contributed by atoms with E-state index in [4.69, 9.17) is 10.8 Å². The second-order valence-corrected chi connectivity index (χ2v) is 2.77. The fourth-order valence-corrected chi connectivity index (χ4v) is 0.983. The number of nitrogens with two attached hydrogens (primary N) is 1. The van der Waals surface area contributed by atoms with E-state index in [1.165, 1.54) is 25.2 Å². The van der Waals surface area contributed by atoms with Crippen LogP contribution < -0.4 is 10.6 Å². The molecule has 1 rings (SSSR count). The minimum atomic E-state index is -1.09. The van der Waals surface area contributed by atoms with Crippen molar-refractivity contribution in [3.8, 4) is 0 Å². The summed E-state index contributed by atoms with van der Waals surface area (Å²) in [5.74, 6) is 0. The smallest absolute Gasteiger partial charge is 0.411 e. The van der Waals surface area contributed by atoms with Crippen molar-refractivity contribution in [2.75, 3.05) is 17.7 Å². The quantitative estimate of drug-likeness (QED) is 0.597. The van der Waals surface area contributed by atoms with E-state index in [0.717, 1.165) is 4.90 Å². The second kappa shape index (κ2) is 5.21. The Labute approximate surface area is 92.9 Å². The van der Waals surface area contributed by atoms with Crippen LogP contribution in [0.5, 0.6) is 0 Å². The van der Waals surface area contributed by atoms with Gasteiger partial charge >= 0.3 is 6.09 Å². The van der Waals surface area contributed by atoms with Crippen LogP contribution in [0.25, 0.3) is 0 Å². The predicted octanol–water partition coefficient (Wildman–Crippen LogP) is 1.62. The molecule has 6 heteroatoms. The summed E-state index contributed by atoms with van der Waals surface area (Å²) in [5, 5.41) is 8.67. The van der Waals surface area contributed by atoms with Crippen LogP contribution in [0.2, 0.25) is 0 Å². The van der Waals surface area contributed by atoms with Gasteiger partial charge in [0.25, 0.3) is 0 Å². The van der Waals surface area contributed by atoms with Crippen LogP contribution in [-0.2, 0) is 0 Å². The van der Waals surface area contributed by atoms with E-state index in [0.29, 0.717) is 17.7 Å². The van der Waals surface area contributed by atoms with Crippen LogP contribution in [0.1, 0.15) is 10.4 Å². The van der Waals surface area contributed by atoms with Crippen LogP contribution in [0.4, 0.5) is 16.2 Å². The largest absolute Gasteiger partial charge is 0.465 e. The van der Waals surface area contributed by atoms with E-state index in [1.54, 1.807) is 0 Å². The van der Waals surface area contributed by atoms with Crippen LogP contribution >= 0.6 is 12.4 Å². The zero-order valence-electron chi connectivity index (χ0n) is 8.01. The minimum absolute atomic E-state index is 0. The monoisotopic (exact) mass is 230 g/mol. The molecule has 0 bridgehead atoms. The number of aldehydes is 1. The van der Waals surface area contributed by atoms with E-state index >= 15 is 0 Å². The molecule has 1 aromatic carbocycles. The zero-order chi connectivity index (χ0) is 10.7. The van der Waals surface area contributed by atoms with E-state index in [1.807, 2.05) is 0 Å². The van der Waals surface area contributed by atoms with Crippen molar-refractivity contribution in [2.24, 2.45) is 0 Å². The van der Waals surface area contributed by atoms with Crippen molar-refractivity contribution in [3.63, 3.8) is 0 Å². The van der Waals surface area contributed by atoms with Crippen molar-refractivity contribution in [1.82, 2.24) is 0 Å². The molecule has 5 nitrogen and oxygen atoms in total. The highest BCUT2D eigenvalue weighted by molar-refractivity contribution is 5.90. The molecular formula is C9H11ClN2O3. The average molecular weight is 231 g/mol. The Kier molecular flexibility index (Phi) is 4.60. The summed E-state index contributed by atoms with van der Waals surface area (Å²) in [4.78, 5) is 22.1. The molecule has 0 aliphatic rings. The number of anilines is 2. The number of rotatable bonds is 2. The van der Waals surface area contributed by atoms with Gasteiger partial charge in [-0.3, -0.25) is 9.69 Å². The van der Waals surface area contributed by atoms with Gasteiger partial charge in [0.05, 0.1) is 0 Å². The number of nitrogen functional groups attached to an aromatic ring is 1. The number of halogens is 1. The minimum Gasteiger partial charge on any atom is -0.465 e. The number of carboxylic acid groups (broad SMARTS) is 1. The van der Waals surface area contributed by atoms with E-state index in [-0.39, 0.29) is 18.0 Å². The normalized spacial score (nSPS) is 8.87. The maximum atomic E-state index is 10.6. The summed E-state index contributed by atoms with van der Waals surface area (Å²) in [5.41, 5.74) is 6.51. The Balaban J connectivity index is 0.00000196. The molecule has 1 amide bonds. The SMILES string of the molecule is CN(C(=O)O)c1ccc(N)c(C=O)c1.Cl. The summed E-state index contributed by atoms with van der Waals surface area (Å²) in [7, 11) is 1.39. The number of benzene rings is 1. The van der Waals surface area contributed by atoms with Crippen molar-refractivity contribution in [1.29, 1.82) is 0 Å². The van der Waals surface area contributed by atoms with E-state index in [2.05, 4.69) is 0 Å². The fraction of sp³-hybridized carbons (Fsp3) is 0.111. The van der Waals surface area contributed by atoms with Crippen molar-refractivity contribution >= 4 is 36.2 Å². The third-order valence-corrected chi connectivity index (χ3v) is 1.87. The van der Waals surface area contributed by atoms with Gasteiger partial charge < -0.3 is 10.8 Å². The lowest BCUT2D eigenvalue weighted by Crippen LogP contribution is -2.23. The standard InChI is InChI=1S/C9H10N2O3.ClH/c1-11(9(13)14)7-2-3-8(10)6(4-7)5-12;/h2-5H,10H2,1H3,(H,13,14);1H. The van der Waals surface area contributed by atoms with Crippen LogP contribution in [0, 0.1) is 0 Å². The van der Waals surface area contributed by atoms with Crippen molar-refractivity contribution in [3.05, 3.63) is 23.8 Å². The molecular weight excluding hydrogens is 220 g/mol. The van der Waals surface area contributed by atoms with Crippen molar-refractivity contribution < 1.29 is 14.7 Å². The van der Waals surface area contributed by atoms with Gasteiger partial charge in [-0.2, -0.15) is 0 Å². The number of carbonyl (C=O) groups is 2. The van der Waals surface area contributed by atoms with Gasteiger partial charge in [-0.15, -0.1) is 12.4 Å². The van der Waals surface area contributed by atoms with Crippen LogP contribution in [0.3, 0.4) is 0 Å². The Morgan fingerprint density at radius 3 is 2.60 bits per heavy atom. The molecule has 0 radical (unpaired) electrons. The summed E-state index contributed by atoms with van der Waals surface area (Å²) in [6.45, 7) is 0. The van der Waals surface area contributed by atoms with Gasteiger partial charge in [0.1, 0.15) is 0 Å². The molecule has 1 aromatic rings. The third-order valence-electron chi connectivity index (χ3n) is 1.87. The maximum absolute atomic E-state index is 10.6. The summed E-state index contributed by atoms with van der Waals surface area (Å²) < 4.78 is 0. The molecule has 0 fully saturated rings. The molecule has 0 atom stereocenters. The first-order valence-corrected chi connectivity index (χ1v) is 3.87. The molecule has 0 saturated heterocycles. The first kappa shape index (κ1) is 13.2. The van der Waals surface area contributed by atoms with Gasteiger partial charge in [0.15, 0.2) is 6.29 Å². The third kappa shape index (κ3) is 2.85. The van der Waals surface area contributed by atoms with Crippen LogP contribution in [-0.4, -0.2) is 24.5 Å². The highest BCUT2D eigenvalue weighted by Crippen LogP contribution is 2.18. The molecule has 82 valence electrons. The van der Waals surface area contributed by atoms with Crippen LogP contribution in [0.15, 0.2) is 18.2 Å². The average Bonchev–Trinajstić information content (AvgIpc) is 2.17. The summed E-state index contributed by atoms with van der Waals surface area (Å²) >= 11 is 0. The van der Waals surface area contributed by atoms with E-state index < -0.39 is 6.09 Å². The second-order valence-electron chi connectivity index (χ2n) is 2.77. The lowest BCUT2D eigenvalue weighted by Gasteiger charge is -2.13. The Bertz CT molecular complexity index is 382. The van der Waals surface area contributed by atoms with Gasteiger partial charge in [-0.1, -0.05) is 0 Å². The lowest BCUT2D eigenvalue weighted by molar-refractivity contribution is 0.112.